The Balaban J connectivity index is 2.82. The maximum atomic E-state index is 10.4. The molecule has 2 nitrogen and oxygen atoms in total. The molecule has 0 aliphatic carbocycles. The minimum absolute atomic E-state index is 0.173. The van der Waals surface area contributed by atoms with Crippen molar-refractivity contribution in [3.8, 4) is 0 Å². The van der Waals surface area contributed by atoms with Crippen molar-refractivity contribution in [2.75, 3.05) is 7.11 Å². The summed E-state index contributed by atoms with van der Waals surface area (Å²) in [5, 5.41) is 10.4. The summed E-state index contributed by atoms with van der Waals surface area (Å²) in [7, 11) is 1.72. The van der Waals surface area contributed by atoms with Gasteiger partial charge in [0.2, 0.25) is 0 Å². The number of rotatable bonds is 5. The molecule has 0 bridgehead atoms. The number of ether oxygens (including phenoxy) is 1. The lowest BCUT2D eigenvalue weighted by atomic mass is 9.91. The van der Waals surface area contributed by atoms with Crippen LogP contribution in [0, 0.1) is 20.8 Å². The van der Waals surface area contributed by atoms with E-state index in [9.17, 15) is 5.11 Å². The second kappa shape index (κ2) is 5.85. The first-order valence-corrected chi connectivity index (χ1v) is 6.58. The van der Waals surface area contributed by atoms with Crippen LogP contribution in [-0.2, 0) is 4.74 Å². The maximum Gasteiger partial charge on any atom is 0.0796 e. The lowest BCUT2D eigenvalue weighted by molar-refractivity contribution is 0.00267. The average Bonchev–Trinajstić information content (AvgIpc) is 2.25. The number of aliphatic hydroxyl groups is 1. The SMILES string of the molecule is COC(C)(C)CCC(O)c1c(C)cc(C)cc1C. The van der Waals surface area contributed by atoms with Gasteiger partial charge in [0, 0.05) is 7.11 Å². The zero-order valence-corrected chi connectivity index (χ0v) is 12.5. The highest BCUT2D eigenvalue weighted by Gasteiger charge is 2.20. The highest BCUT2D eigenvalue weighted by molar-refractivity contribution is 5.38. The molecule has 1 aromatic carbocycles. The maximum absolute atomic E-state index is 10.4. The molecule has 2 heteroatoms. The predicted molar refractivity (Wildman–Crippen MR) is 75.9 cm³/mol. The molecule has 1 atom stereocenters. The predicted octanol–water partition coefficient (Wildman–Crippen LogP) is 3.85. The normalized spacial score (nSPS) is 13.7. The molecule has 102 valence electrons. The Labute approximate surface area is 111 Å². The highest BCUT2D eigenvalue weighted by Crippen LogP contribution is 2.29. The third-order valence-corrected chi connectivity index (χ3v) is 3.64. The number of hydrogen-bond acceptors (Lipinski definition) is 2. The average molecular weight is 250 g/mol. The highest BCUT2D eigenvalue weighted by atomic mass is 16.5. The molecule has 0 radical (unpaired) electrons. The van der Waals surface area contributed by atoms with Crippen molar-refractivity contribution in [1.29, 1.82) is 0 Å². The van der Waals surface area contributed by atoms with Crippen molar-refractivity contribution in [3.05, 3.63) is 34.4 Å². The standard InChI is InChI=1S/C16H26O2/c1-11-9-12(2)15(13(3)10-11)14(17)7-8-16(4,5)18-6/h9-10,14,17H,7-8H2,1-6H3. The van der Waals surface area contributed by atoms with E-state index in [1.165, 1.54) is 16.7 Å². The number of benzene rings is 1. The first kappa shape index (κ1) is 15.2. The fraction of sp³-hybridized carbons (Fsp3) is 0.625. The van der Waals surface area contributed by atoms with Gasteiger partial charge in [0.05, 0.1) is 11.7 Å². The van der Waals surface area contributed by atoms with Gasteiger partial charge in [0.15, 0.2) is 0 Å². The second-order valence-electron chi connectivity index (χ2n) is 5.83. The topological polar surface area (TPSA) is 29.5 Å². The summed E-state index contributed by atoms with van der Waals surface area (Å²) in [4.78, 5) is 0. The molecule has 1 N–H and O–H groups in total. The molecule has 18 heavy (non-hydrogen) atoms. The van der Waals surface area contributed by atoms with Crippen LogP contribution in [0.2, 0.25) is 0 Å². The Kier molecular flexibility index (Phi) is 4.94. The Morgan fingerprint density at radius 3 is 2.11 bits per heavy atom. The van der Waals surface area contributed by atoms with E-state index in [4.69, 9.17) is 4.74 Å². The van der Waals surface area contributed by atoms with Crippen molar-refractivity contribution >= 4 is 0 Å². The molecule has 0 fully saturated rings. The summed E-state index contributed by atoms with van der Waals surface area (Å²) in [6.45, 7) is 10.3. The quantitative estimate of drug-likeness (QED) is 0.860. The fourth-order valence-electron chi connectivity index (χ4n) is 2.45. The molecular weight excluding hydrogens is 224 g/mol. The summed E-state index contributed by atoms with van der Waals surface area (Å²) < 4.78 is 5.39. The molecule has 0 heterocycles. The van der Waals surface area contributed by atoms with Crippen LogP contribution in [0.15, 0.2) is 12.1 Å². The molecule has 0 amide bonds. The number of methoxy groups -OCH3 is 1. The molecule has 1 unspecified atom stereocenters. The van der Waals surface area contributed by atoms with E-state index in [2.05, 4.69) is 46.8 Å². The van der Waals surface area contributed by atoms with Gasteiger partial charge in [-0.2, -0.15) is 0 Å². The molecule has 0 aromatic heterocycles. The monoisotopic (exact) mass is 250 g/mol. The second-order valence-corrected chi connectivity index (χ2v) is 5.83. The lowest BCUT2D eigenvalue weighted by Gasteiger charge is -2.25. The summed E-state index contributed by atoms with van der Waals surface area (Å²) in [6, 6.07) is 4.26. The van der Waals surface area contributed by atoms with Crippen molar-refractivity contribution in [2.45, 2.75) is 59.2 Å². The van der Waals surface area contributed by atoms with Crippen LogP contribution in [0.4, 0.5) is 0 Å². The lowest BCUT2D eigenvalue weighted by Crippen LogP contribution is -2.23. The minimum atomic E-state index is -0.403. The van der Waals surface area contributed by atoms with Gasteiger partial charge >= 0.3 is 0 Å². The molecular formula is C16H26O2. The Bertz CT molecular complexity index is 385. The van der Waals surface area contributed by atoms with Crippen LogP contribution in [0.3, 0.4) is 0 Å². The molecule has 0 aliphatic heterocycles. The van der Waals surface area contributed by atoms with Crippen LogP contribution in [0.5, 0.6) is 0 Å². The van der Waals surface area contributed by atoms with Crippen molar-refractivity contribution in [3.63, 3.8) is 0 Å². The van der Waals surface area contributed by atoms with Crippen molar-refractivity contribution in [2.24, 2.45) is 0 Å². The van der Waals surface area contributed by atoms with Crippen LogP contribution in [-0.4, -0.2) is 17.8 Å². The molecule has 0 saturated carbocycles. The van der Waals surface area contributed by atoms with E-state index < -0.39 is 6.10 Å². The zero-order valence-electron chi connectivity index (χ0n) is 12.5. The Morgan fingerprint density at radius 2 is 1.67 bits per heavy atom. The van der Waals surface area contributed by atoms with Gasteiger partial charge in [0.1, 0.15) is 0 Å². The first-order valence-electron chi connectivity index (χ1n) is 6.58. The van der Waals surface area contributed by atoms with Crippen LogP contribution < -0.4 is 0 Å². The van der Waals surface area contributed by atoms with Gasteiger partial charge < -0.3 is 9.84 Å². The van der Waals surface area contributed by atoms with Gasteiger partial charge in [-0.3, -0.25) is 0 Å². The van der Waals surface area contributed by atoms with E-state index in [-0.39, 0.29) is 5.60 Å². The largest absolute Gasteiger partial charge is 0.388 e. The van der Waals surface area contributed by atoms with Crippen LogP contribution in [0.1, 0.15) is 55.0 Å². The van der Waals surface area contributed by atoms with Gasteiger partial charge in [-0.15, -0.1) is 0 Å². The number of hydrogen-bond donors (Lipinski definition) is 1. The van der Waals surface area contributed by atoms with E-state index >= 15 is 0 Å². The molecule has 0 saturated heterocycles. The summed E-state index contributed by atoms with van der Waals surface area (Å²) in [6.07, 6.45) is 1.17. The van der Waals surface area contributed by atoms with Crippen molar-refractivity contribution in [1.82, 2.24) is 0 Å². The zero-order chi connectivity index (χ0) is 13.9. The van der Waals surface area contributed by atoms with Gasteiger partial charge in [-0.1, -0.05) is 17.7 Å². The molecule has 1 aromatic rings. The Morgan fingerprint density at radius 1 is 1.17 bits per heavy atom. The number of aryl methyl sites for hydroxylation is 3. The summed E-state index contributed by atoms with van der Waals surface area (Å²) >= 11 is 0. The smallest absolute Gasteiger partial charge is 0.0796 e. The molecule has 0 spiro atoms. The first-order chi connectivity index (χ1) is 8.26. The van der Waals surface area contributed by atoms with E-state index in [1.807, 2.05) is 0 Å². The van der Waals surface area contributed by atoms with Gasteiger partial charge in [-0.05, 0) is 64.2 Å². The van der Waals surface area contributed by atoms with Gasteiger partial charge in [-0.25, -0.2) is 0 Å². The fourth-order valence-corrected chi connectivity index (χ4v) is 2.45. The third-order valence-electron chi connectivity index (χ3n) is 3.64. The van der Waals surface area contributed by atoms with Crippen LogP contribution >= 0.6 is 0 Å². The van der Waals surface area contributed by atoms with E-state index in [0.29, 0.717) is 0 Å². The van der Waals surface area contributed by atoms with E-state index in [1.54, 1.807) is 7.11 Å². The molecule has 1 rings (SSSR count). The third kappa shape index (κ3) is 3.82. The summed E-state index contributed by atoms with van der Waals surface area (Å²) in [5.41, 5.74) is 4.50. The van der Waals surface area contributed by atoms with E-state index in [0.717, 1.165) is 18.4 Å². The van der Waals surface area contributed by atoms with Gasteiger partial charge in [0.25, 0.3) is 0 Å². The van der Waals surface area contributed by atoms with Crippen molar-refractivity contribution < 1.29 is 9.84 Å². The molecule has 0 aliphatic rings. The summed E-state index contributed by atoms with van der Waals surface area (Å²) in [5.74, 6) is 0. The van der Waals surface area contributed by atoms with Crippen LogP contribution in [0.25, 0.3) is 0 Å². The number of aliphatic hydroxyl groups excluding tert-OH is 1. The Hall–Kier alpha value is -0.860. The minimum Gasteiger partial charge on any atom is -0.388 e.